The summed E-state index contributed by atoms with van der Waals surface area (Å²) in [5, 5.41) is 31.5. The van der Waals surface area contributed by atoms with Gasteiger partial charge in [-0.3, -0.25) is 19.2 Å². The Morgan fingerprint density at radius 3 is 2.49 bits per heavy atom. The number of ketones is 3. The summed E-state index contributed by atoms with van der Waals surface area (Å²) in [7, 11) is 0. The molecule has 0 radical (unpaired) electrons. The van der Waals surface area contributed by atoms with Gasteiger partial charge >= 0.3 is 35.5 Å². The molecular formula is C25H31NaO9. The number of carbonyl (C=O) groups is 5. The molecule has 186 valence electrons. The van der Waals surface area contributed by atoms with Crippen LogP contribution in [-0.4, -0.2) is 57.8 Å². The molecule has 4 aliphatic rings. The quantitative estimate of drug-likeness (QED) is 0.288. The van der Waals surface area contributed by atoms with Gasteiger partial charge < -0.3 is 24.9 Å². The van der Waals surface area contributed by atoms with Crippen LogP contribution in [0.2, 0.25) is 0 Å². The zero-order valence-corrected chi connectivity index (χ0v) is 22.5. The van der Waals surface area contributed by atoms with E-state index in [0.29, 0.717) is 19.3 Å². The van der Waals surface area contributed by atoms with Crippen LogP contribution < -0.4 is 34.7 Å². The Morgan fingerprint density at radius 1 is 1.17 bits per heavy atom. The van der Waals surface area contributed by atoms with Crippen LogP contribution in [0, 0.1) is 28.6 Å². The van der Waals surface area contributed by atoms with Gasteiger partial charge in [-0.25, -0.2) is 0 Å². The number of Topliss-reactive ketones (excluding diaryl/α,β-unsaturated/α-hetero) is 2. The van der Waals surface area contributed by atoms with Gasteiger partial charge in [-0.1, -0.05) is 19.4 Å². The number of carboxylic acid groups (broad SMARTS) is 1. The van der Waals surface area contributed by atoms with Gasteiger partial charge in [-0.2, -0.15) is 0 Å². The van der Waals surface area contributed by atoms with Crippen LogP contribution in [0.3, 0.4) is 0 Å². The summed E-state index contributed by atoms with van der Waals surface area (Å²) in [4.78, 5) is 61.8. The fraction of sp³-hybridized carbons (Fsp3) is 0.720. The molecule has 0 saturated heterocycles. The number of hydrogen-bond acceptors (Lipinski definition) is 9. The Bertz CT molecular complexity index is 989. The molecule has 0 aromatic heterocycles. The third-order valence-electron chi connectivity index (χ3n) is 9.30. The minimum atomic E-state index is -1.77. The van der Waals surface area contributed by atoms with Crippen LogP contribution in [0.4, 0.5) is 0 Å². The maximum Gasteiger partial charge on any atom is 1.00 e. The van der Waals surface area contributed by atoms with E-state index in [2.05, 4.69) is 0 Å². The summed E-state index contributed by atoms with van der Waals surface area (Å²) in [5.41, 5.74) is -2.97. The predicted molar refractivity (Wildman–Crippen MR) is 114 cm³/mol. The van der Waals surface area contributed by atoms with E-state index in [4.69, 9.17) is 4.74 Å². The molecule has 0 aliphatic heterocycles. The topological polar surface area (TPSA) is 158 Å². The Morgan fingerprint density at radius 2 is 1.86 bits per heavy atom. The number of aliphatic carboxylic acids is 1. The van der Waals surface area contributed by atoms with E-state index in [1.54, 1.807) is 13.0 Å². The van der Waals surface area contributed by atoms with Gasteiger partial charge in [0.25, 0.3) is 0 Å². The summed E-state index contributed by atoms with van der Waals surface area (Å²) < 4.78 is 5.63. The molecule has 0 heterocycles. The third kappa shape index (κ3) is 4.27. The molecule has 0 spiro atoms. The summed E-state index contributed by atoms with van der Waals surface area (Å²) in [5.74, 6) is -4.09. The van der Waals surface area contributed by atoms with Crippen molar-refractivity contribution in [3.63, 3.8) is 0 Å². The summed E-state index contributed by atoms with van der Waals surface area (Å²) in [6.07, 6.45) is 1.41. The molecule has 35 heavy (non-hydrogen) atoms. The maximum absolute atomic E-state index is 13.7. The minimum absolute atomic E-state index is 0. The Hall–Kier alpha value is -1.39. The molecule has 10 heteroatoms. The van der Waals surface area contributed by atoms with E-state index < -0.39 is 59.2 Å². The average Bonchev–Trinajstić information content (AvgIpc) is 3.03. The molecule has 4 aliphatic carbocycles. The molecule has 9 nitrogen and oxygen atoms in total. The fourth-order valence-electron chi connectivity index (χ4n) is 7.58. The van der Waals surface area contributed by atoms with Crippen molar-refractivity contribution in [2.75, 3.05) is 6.61 Å². The van der Waals surface area contributed by atoms with Gasteiger partial charge in [0.2, 0.25) is 0 Å². The van der Waals surface area contributed by atoms with Crippen molar-refractivity contribution in [3.05, 3.63) is 11.6 Å². The number of rotatable bonds is 6. The molecule has 0 bridgehead atoms. The van der Waals surface area contributed by atoms with Crippen LogP contribution in [0.5, 0.6) is 0 Å². The van der Waals surface area contributed by atoms with Crippen LogP contribution >= 0.6 is 0 Å². The van der Waals surface area contributed by atoms with E-state index in [-0.39, 0.29) is 78.6 Å². The number of esters is 1. The molecule has 4 rings (SSSR count). The van der Waals surface area contributed by atoms with Gasteiger partial charge in [0, 0.05) is 35.6 Å². The van der Waals surface area contributed by atoms with Crippen LogP contribution in [0.1, 0.15) is 65.2 Å². The molecule has 1 unspecified atom stereocenters. The molecule has 3 fully saturated rings. The second kappa shape index (κ2) is 9.82. The van der Waals surface area contributed by atoms with Crippen molar-refractivity contribution in [2.24, 2.45) is 28.6 Å². The van der Waals surface area contributed by atoms with E-state index >= 15 is 0 Å². The predicted octanol–water partition coefficient (Wildman–Crippen LogP) is -2.95. The molecular weight excluding hydrogens is 467 g/mol. The van der Waals surface area contributed by atoms with Gasteiger partial charge in [0.15, 0.2) is 11.6 Å². The number of hydrogen-bond donors (Lipinski definition) is 2. The van der Waals surface area contributed by atoms with E-state index in [9.17, 15) is 39.3 Å². The largest absolute Gasteiger partial charge is 1.00 e. The molecule has 7 atom stereocenters. The first kappa shape index (κ1) is 28.2. The molecule has 0 aromatic rings. The normalized spacial score (nSPS) is 39.9. The number of carboxylic acids is 1. The number of fused-ring (bicyclic) bond motifs is 5. The van der Waals surface area contributed by atoms with Crippen LogP contribution in [0.25, 0.3) is 0 Å². The first-order valence-electron chi connectivity index (χ1n) is 11.9. The van der Waals surface area contributed by atoms with Gasteiger partial charge in [-0.15, -0.1) is 0 Å². The SMILES string of the molecule is C[C@]12CC(=O)[C@H]3[C@@H](CCC4=CC(=O)CC(OC(=O)CCC(=O)[O-])[C@@]43C)[C@@H]1CC[C@]2(O)C(=O)CO.[Na+]. The van der Waals surface area contributed by atoms with Crippen molar-refractivity contribution in [2.45, 2.75) is 76.9 Å². The van der Waals surface area contributed by atoms with Crippen molar-refractivity contribution in [1.82, 2.24) is 0 Å². The second-order valence-corrected chi connectivity index (χ2v) is 10.8. The van der Waals surface area contributed by atoms with Crippen molar-refractivity contribution >= 4 is 29.3 Å². The minimum Gasteiger partial charge on any atom is -0.550 e. The summed E-state index contributed by atoms with van der Waals surface area (Å²) in [6, 6.07) is 0. The van der Waals surface area contributed by atoms with Gasteiger partial charge in [0.1, 0.15) is 24.1 Å². The number of aliphatic hydroxyl groups is 2. The number of ether oxygens (including phenoxy) is 1. The summed E-state index contributed by atoms with van der Waals surface area (Å²) >= 11 is 0. The Labute approximate surface area is 226 Å². The zero-order chi connectivity index (χ0) is 25.1. The molecule has 3 saturated carbocycles. The Balaban J connectivity index is 0.00000342. The van der Waals surface area contributed by atoms with Crippen LogP contribution in [0.15, 0.2) is 11.6 Å². The first-order chi connectivity index (χ1) is 15.9. The Kier molecular flexibility index (Phi) is 7.91. The smallest absolute Gasteiger partial charge is 0.550 e. The standard InChI is InChI=1S/C25H32O9.Na/c1-23-11-17(28)22-15(16(23)7-8-25(23,33)18(29)12-26)4-3-13-9-14(27)10-19(24(13,22)2)34-21(32)6-5-20(30)31;/h9,15-16,19,22,26,33H,3-8,10-12H2,1-2H3,(H,30,31);/q;+1/p-1/t15-,16-,19?,22+,23-,24+,25-;/m0./s1. The third-order valence-corrected chi connectivity index (χ3v) is 9.30. The van der Waals surface area contributed by atoms with Crippen molar-refractivity contribution in [1.29, 1.82) is 0 Å². The van der Waals surface area contributed by atoms with Gasteiger partial charge in [0.05, 0.1) is 6.42 Å². The number of aliphatic hydroxyl groups excluding tert-OH is 1. The van der Waals surface area contributed by atoms with E-state index in [1.165, 1.54) is 0 Å². The van der Waals surface area contributed by atoms with Crippen molar-refractivity contribution in [3.8, 4) is 0 Å². The van der Waals surface area contributed by atoms with Crippen molar-refractivity contribution < 1.29 is 73.6 Å². The molecule has 0 aromatic carbocycles. The molecule has 2 N–H and O–H groups in total. The van der Waals surface area contributed by atoms with Gasteiger partial charge in [-0.05, 0) is 50.0 Å². The van der Waals surface area contributed by atoms with E-state index in [1.807, 2.05) is 6.92 Å². The van der Waals surface area contributed by atoms with Crippen LogP contribution in [-0.2, 0) is 28.7 Å². The number of carbonyl (C=O) groups excluding carboxylic acids is 5. The second-order valence-electron chi connectivity index (χ2n) is 10.8. The molecule has 0 amide bonds. The van der Waals surface area contributed by atoms with E-state index in [0.717, 1.165) is 5.57 Å². The first-order valence-corrected chi connectivity index (χ1v) is 11.9. The fourth-order valence-corrected chi connectivity index (χ4v) is 7.58. The maximum atomic E-state index is 13.7. The average molecular weight is 499 g/mol. The zero-order valence-electron chi connectivity index (χ0n) is 20.5. The monoisotopic (exact) mass is 498 g/mol. The summed E-state index contributed by atoms with van der Waals surface area (Å²) in [6.45, 7) is 2.79.